The highest BCUT2D eigenvalue weighted by Gasteiger charge is 2.09. The van der Waals surface area contributed by atoms with E-state index in [1.807, 2.05) is 12.1 Å². The lowest BCUT2D eigenvalue weighted by atomic mass is 10.1. The van der Waals surface area contributed by atoms with Crippen LogP contribution in [0, 0.1) is 0 Å². The van der Waals surface area contributed by atoms with Crippen LogP contribution in [0.5, 0.6) is 0 Å². The molecule has 0 bridgehead atoms. The van der Waals surface area contributed by atoms with Crippen LogP contribution in [0.1, 0.15) is 22.3 Å². The maximum absolute atomic E-state index is 12.1. The van der Waals surface area contributed by atoms with Crippen molar-refractivity contribution < 1.29 is 4.79 Å². The zero-order chi connectivity index (χ0) is 16.7. The molecule has 2 aromatic rings. The summed E-state index contributed by atoms with van der Waals surface area (Å²) in [7, 11) is 0. The lowest BCUT2D eigenvalue weighted by Gasteiger charge is -2.07. The molecule has 1 N–H and O–H groups in total. The second kappa shape index (κ2) is 9.23. The zero-order valence-electron chi connectivity index (χ0n) is 12.1. The van der Waals surface area contributed by atoms with E-state index >= 15 is 0 Å². The smallest absolute Gasteiger partial charge is 0.163 e. The maximum atomic E-state index is 12.1. The molecular weight excluding hydrogens is 371 g/mol. The molecule has 0 fully saturated rings. The molecule has 0 aliphatic carbocycles. The summed E-state index contributed by atoms with van der Waals surface area (Å²) in [5.74, 6) is 0.629. The number of ketones is 1. The predicted molar refractivity (Wildman–Crippen MR) is 102 cm³/mol. The molecule has 1 aromatic carbocycles. The molecule has 0 atom stereocenters. The van der Waals surface area contributed by atoms with Gasteiger partial charge in [0.05, 0.1) is 10.0 Å². The number of Topliss-reactive ketones (excluding diaryl/α,β-unsaturated/α-hetero) is 1. The summed E-state index contributed by atoms with van der Waals surface area (Å²) in [5, 5.41) is 3.96. The van der Waals surface area contributed by atoms with E-state index in [9.17, 15) is 4.79 Å². The topological polar surface area (TPSA) is 42.0 Å². The second-order valence-electron chi connectivity index (χ2n) is 4.65. The van der Waals surface area contributed by atoms with E-state index in [0.717, 1.165) is 5.56 Å². The Morgan fingerprint density at radius 2 is 2.09 bits per heavy atom. The van der Waals surface area contributed by atoms with Crippen molar-refractivity contribution in [2.45, 2.75) is 13.0 Å². The van der Waals surface area contributed by atoms with Crippen LogP contribution in [0.3, 0.4) is 0 Å². The Morgan fingerprint density at radius 3 is 2.78 bits per heavy atom. The highest BCUT2D eigenvalue weighted by molar-refractivity contribution is 8.22. The number of hydrogen-bond acceptors (Lipinski definition) is 4. The summed E-state index contributed by atoms with van der Waals surface area (Å²) in [6.45, 7) is 0.625. The molecule has 2 rings (SSSR count). The van der Waals surface area contributed by atoms with Gasteiger partial charge in [0, 0.05) is 36.7 Å². The number of aromatic nitrogens is 1. The van der Waals surface area contributed by atoms with Crippen LogP contribution < -0.4 is 5.32 Å². The summed E-state index contributed by atoms with van der Waals surface area (Å²) in [6, 6.07) is 8.75. The number of thiocarbonyl (C=S) groups is 1. The van der Waals surface area contributed by atoms with Crippen molar-refractivity contribution in [3.8, 4) is 0 Å². The number of thioether (sulfide) groups is 1. The molecule has 0 amide bonds. The van der Waals surface area contributed by atoms with Crippen LogP contribution in [0.4, 0.5) is 0 Å². The first-order valence-electron chi connectivity index (χ1n) is 6.84. The number of nitrogens with zero attached hydrogens (tertiary/aromatic N) is 1. The minimum atomic E-state index is 0.0196. The van der Waals surface area contributed by atoms with Gasteiger partial charge in [-0.05, 0) is 29.8 Å². The SMILES string of the molecule is O=C(CCSC(=S)NCc1cccnc1)c1ccc(Cl)c(Cl)c1. The molecule has 0 saturated carbocycles. The van der Waals surface area contributed by atoms with Crippen molar-refractivity contribution in [1.29, 1.82) is 0 Å². The van der Waals surface area contributed by atoms with Gasteiger partial charge in [-0.2, -0.15) is 0 Å². The van der Waals surface area contributed by atoms with E-state index in [4.69, 9.17) is 35.4 Å². The molecule has 0 radical (unpaired) electrons. The van der Waals surface area contributed by atoms with Gasteiger partial charge >= 0.3 is 0 Å². The quantitative estimate of drug-likeness (QED) is 0.573. The Balaban J connectivity index is 1.72. The van der Waals surface area contributed by atoms with Gasteiger partial charge in [-0.3, -0.25) is 9.78 Å². The molecule has 0 spiro atoms. The van der Waals surface area contributed by atoms with Crippen LogP contribution in [0.15, 0.2) is 42.7 Å². The molecule has 0 aliphatic rings. The summed E-state index contributed by atoms with van der Waals surface area (Å²) in [5.41, 5.74) is 1.62. The minimum absolute atomic E-state index is 0.0196. The third-order valence-corrected chi connectivity index (χ3v) is 5.02. The number of halogens is 2. The van der Waals surface area contributed by atoms with Crippen molar-refractivity contribution in [3.63, 3.8) is 0 Å². The molecular formula is C16H14Cl2N2OS2. The van der Waals surface area contributed by atoms with Gasteiger partial charge < -0.3 is 5.32 Å². The van der Waals surface area contributed by atoms with E-state index in [1.54, 1.807) is 30.6 Å². The number of hydrogen-bond donors (Lipinski definition) is 1. The second-order valence-corrected chi connectivity index (χ2v) is 7.24. The largest absolute Gasteiger partial charge is 0.367 e. The first kappa shape index (κ1) is 18.2. The van der Waals surface area contributed by atoms with Gasteiger partial charge in [-0.25, -0.2) is 0 Å². The van der Waals surface area contributed by atoms with E-state index in [-0.39, 0.29) is 5.78 Å². The third kappa shape index (κ3) is 6.11. The number of nitrogens with one attached hydrogen (secondary N) is 1. The summed E-state index contributed by atoms with van der Waals surface area (Å²) >= 11 is 18.4. The summed E-state index contributed by atoms with van der Waals surface area (Å²) in [6.07, 6.45) is 3.90. The van der Waals surface area contributed by atoms with Gasteiger partial charge in [0.2, 0.25) is 0 Å². The van der Waals surface area contributed by atoms with Gasteiger partial charge in [-0.1, -0.05) is 53.2 Å². The number of pyridine rings is 1. The first-order chi connectivity index (χ1) is 11.1. The Morgan fingerprint density at radius 1 is 1.26 bits per heavy atom. The molecule has 23 heavy (non-hydrogen) atoms. The molecule has 0 aliphatic heterocycles. The van der Waals surface area contributed by atoms with E-state index in [1.165, 1.54) is 11.8 Å². The van der Waals surface area contributed by atoms with Crippen molar-refractivity contribution in [2.24, 2.45) is 0 Å². The highest BCUT2D eigenvalue weighted by atomic mass is 35.5. The molecule has 0 saturated heterocycles. The van der Waals surface area contributed by atoms with E-state index < -0.39 is 0 Å². The number of rotatable bonds is 6. The molecule has 120 valence electrons. The number of carbonyl (C=O) groups excluding carboxylic acids is 1. The fourth-order valence-corrected chi connectivity index (χ4v) is 3.05. The fraction of sp³-hybridized carbons (Fsp3) is 0.188. The van der Waals surface area contributed by atoms with Crippen LogP contribution in [-0.4, -0.2) is 20.8 Å². The van der Waals surface area contributed by atoms with Crippen LogP contribution in [0.25, 0.3) is 0 Å². The van der Waals surface area contributed by atoms with Crippen molar-refractivity contribution in [2.75, 3.05) is 5.75 Å². The zero-order valence-corrected chi connectivity index (χ0v) is 15.2. The maximum Gasteiger partial charge on any atom is 0.163 e. The van der Waals surface area contributed by atoms with Crippen molar-refractivity contribution >= 4 is 57.3 Å². The summed E-state index contributed by atoms with van der Waals surface area (Å²) in [4.78, 5) is 16.1. The standard InChI is InChI=1S/C16H14Cl2N2OS2/c17-13-4-3-12(8-14(13)18)15(21)5-7-23-16(22)20-10-11-2-1-6-19-9-11/h1-4,6,8-9H,5,7,10H2,(H,20,22). The molecule has 0 unspecified atom stereocenters. The van der Waals surface area contributed by atoms with Crippen LogP contribution >= 0.6 is 47.2 Å². The number of benzene rings is 1. The molecule has 7 heteroatoms. The third-order valence-electron chi connectivity index (χ3n) is 2.96. The summed E-state index contributed by atoms with van der Waals surface area (Å²) < 4.78 is 0.663. The predicted octanol–water partition coefficient (Wildman–Crippen LogP) is 4.77. The lowest BCUT2D eigenvalue weighted by Crippen LogP contribution is -2.18. The van der Waals surface area contributed by atoms with Gasteiger partial charge in [0.1, 0.15) is 4.32 Å². The molecule has 1 heterocycles. The molecule has 3 nitrogen and oxygen atoms in total. The minimum Gasteiger partial charge on any atom is -0.367 e. The van der Waals surface area contributed by atoms with Crippen molar-refractivity contribution in [3.05, 3.63) is 63.9 Å². The Labute approximate surface area is 154 Å². The normalized spacial score (nSPS) is 10.3. The average molecular weight is 385 g/mol. The van der Waals surface area contributed by atoms with Gasteiger partial charge in [-0.15, -0.1) is 0 Å². The highest BCUT2D eigenvalue weighted by Crippen LogP contribution is 2.23. The van der Waals surface area contributed by atoms with Gasteiger partial charge in [0.25, 0.3) is 0 Å². The average Bonchev–Trinajstić information content (AvgIpc) is 2.56. The first-order valence-corrected chi connectivity index (χ1v) is 8.99. The van der Waals surface area contributed by atoms with E-state index in [0.29, 0.717) is 38.6 Å². The molecule has 1 aromatic heterocycles. The van der Waals surface area contributed by atoms with E-state index in [2.05, 4.69) is 10.3 Å². The lowest BCUT2D eigenvalue weighted by molar-refractivity contribution is 0.0989. The monoisotopic (exact) mass is 384 g/mol. The Hall–Kier alpha value is -1.14. The fourth-order valence-electron chi connectivity index (χ4n) is 1.78. The number of carbonyl (C=O) groups is 1. The van der Waals surface area contributed by atoms with Crippen LogP contribution in [-0.2, 0) is 6.54 Å². The Kier molecular flexibility index (Phi) is 7.30. The Bertz CT molecular complexity index is 696. The van der Waals surface area contributed by atoms with Crippen LogP contribution in [0.2, 0.25) is 10.0 Å². The van der Waals surface area contributed by atoms with Crippen molar-refractivity contribution in [1.82, 2.24) is 10.3 Å². The van der Waals surface area contributed by atoms with Gasteiger partial charge in [0.15, 0.2) is 5.78 Å².